The molecule has 14 heavy (non-hydrogen) atoms. The summed E-state index contributed by atoms with van der Waals surface area (Å²) in [6, 6.07) is 0.760. The molecular weight excluding hydrogens is 194 g/mol. The van der Waals surface area contributed by atoms with Crippen LogP contribution in [0.4, 0.5) is 0 Å². The molecule has 76 valence electrons. The molecule has 2 saturated carbocycles. The Hall–Kier alpha value is -0.480. The van der Waals surface area contributed by atoms with E-state index in [9.17, 15) is 0 Å². The number of hydrogen-bond donors (Lipinski definition) is 1. The fourth-order valence-electron chi connectivity index (χ4n) is 2.99. The standard InChI is InChI=1S/C10H15N3S/c1-2-8-3-7(1)4-10(8)11-5-9-6-12-14-13-9/h6-8,10-11H,1-5H2. The molecule has 2 aliphatic carbocycles. The summed E-state index contributed by atoms with van der Waals surface area (Å²) in [5.74, 6) is 1.97. The third-order valence-corrected chi connectivity index (χ3v) is 4.21. The van der Waals surface area contributed by atoms with Crippen LogP contribution in [0.2, 0.25) is 0 Å². The third kappa shape index (κ3) is 1.57. The largest absolute Gasteiger partial charge is 0.308 e. The van der Waals surface area contributed by atoms with Crippen molar-refractivity contribution in [2.24, 2.45) is 11.8 Å². The van der Waals surface area contributed by atoms with Crippen LogP contribution in [0.5, 0.6) is 0 Å². The van der Waals surface area contributed by atoms with Crippen molar-refractivity contribution in [3.05, 3.63) is 11.9 Å². The molecule has 3 atom stereocenters. The molecule has 3 unspecified atom stereocenters. The molecule has 1 N–H and O–H groups in total. The average molecular weight is 209 g/mol. The first kappa shape index (κ1) is 8.80. The quantitative estimate of drug-likeness (QED) is 0.825. The van der Waals surface area contributed by atoms with Gasteiger partial charge in [-0.15, -0.1) is 0 Å². The second-order valence-electron chi connectivity index (χ2n) is 4.56. The molecule has 3 nitrogen and oxygen atoms in total. The Balaban J connectivity index is 1.54. The molecule has 2 aliphatic rings. The zero-order valence-electron chi connectivity index (χ0n) is 8.15. The van der Waals surface area contributed by atoms with Gasteiger partial charge in [0.1, 0.15) is 0 Å². The summed E-state index contributed by atoms with van der Waals surface area (Å²) < 4.78 is 8.21. The second-order valence-corrected chi connectivity index (χ2v) is 5.12. The van der Waals surface area contributed by atoms with Gasteiger partial charge < -0.3 is 5.32 Å². The maximum absolute atomic E-state index is 4.21. The molecule has 0 saturated heterocycles. The zero-order valence-corrected chi connectivity index (χ0v) is 8.96. The Morgan fingerprint density at radius 1 is 1.43 bits per heavy atom. The predicted molar refractivity (Wildman–Crippen MR) is 56.0 cm³/mol. The normalized spacial score (nSPS) is 35.3. The van der Waals surface area contributed by atoms with Gasteiger partial charge in [0.2, 0.25) is 0 Å². The Bertz CT molecular complexity index is 298. The Morgan fingerprint density at radius 3 is 3.07 bits per heavy atom. The van der Waals surface area contributed by atoms with Gasteiger partial charge in [-0.3, -0.25) is 0 Å². The lowest BCUT2D eigenvalue weighted by molar-refractivity contribution is 0.350. The number of nitrogens with zero attached hydrogens (tertiary/aromatic N) is 2. The van der Waals surface area contributed by atoms with Gasteiger partial charge in [0.25, 0.3) is 0 Å². The highest BCUT2D eigenvalue weighted by molar-refractivity contribution is 6.99. The van der Waals surface area contributed by atoms with Crippen LogP contribution in [0, 0.1) is 11.8 Å². The van der Waals surface area contributed by atoms with E-state index >= 15 is 0 Å². The van der Waals surface area contributed by atoms with Gasteiger partial charge in [-0.1, -0.05) is 6.42 Å². The number of rotatable bonds is 3. The van der Waals surface area contributed by atoms with Gasteiger partial charge in [-0.25, -0.2) is 0 Å². The summed E-state index contributed by atoms with van der Waals surface area (Å²) in [4.78, 5) is 0. The van der Waals surface area contributed by atoms with Crippen molar-refractivity contribution in [1.29, 1.82) is 0 Å². The molecule has 3 rings (SSSR count). The first-order chi connectivity index (χ1) is 6.92. The summed E-state index contributed by atoms with van der Waals surface area (Å²) in [7, 11) is 0. The van der Waals surface area contributed by atoms with Gasteiger partial charge in [-0.2, -0.15) is 8.75 Å². The predicted octanol–water partition coefficient (Wildman–Crippen LogP) is 1.82. The minimum absolute atomic E-state index is 0.760. The van der Waals surface area contributed by atoms with E-state index in [1.165, 1.54) is 37.4 Å². The third-order valence-electron chi connectivity index (χ3n) is 3.69. The van der Waals surface area contributed by atoms with Gasteiger partial charge >= 0.3 is 0 Å². The van der Waals surface area contributed by atoms with Gasteiger partial charge in [0.05, 0.1) is 23.6 Å². The Kier molecular flexibility index (Phi) is 2.25. The molecule has 0 radical (unpaired) electrons. The minimum atomic E-state index is 0.760. The van der Waals surface area contributed by atoms with E-state index in [0.29, 0.717) is 0 Å². The van der Waals surface area contributed by atoms with Crippen LogP contribution in [0.15, 0.2) is 6.20 Å². The van der Waals surface area contributed by atoms with Crippen molar-refractivity contribution in [2.45, 2.75) is 38.3 Å². The van der Waals surface area contributed by atoms with E-state index in [0.717, 1.165) is 30.1 Å². The lowest BCUT2D eigenvalue weighted by Crippen LogP contribution is -2.33. The van der Waals surface area contributed by atoms with E-state index in [4.69, 9.17) is 0 Å². The number of aromatic nitrogens is 2. The maximum atomic E-state index is 4.21. The molecule has 0 amide bonds. The van der Waals surface area contributed by atoms with Crippen molar-refractivity contribution >= 4 is 11.7 Å². The van der Waals surface area contributed by atoms with Crippen molar-refractivity contribution in [3.63, 3.8) is 0 Å². The fourth-order valence-corrected chi connectivity index (χ4v) is 3.42. The van der Waals surface area contributed by atoms with Crippen molar-refractivity contribution < 1.29 is 0 Å². The molecule has 2 fully saturated rings. The molecular formula is C10H15N3S. The van der Waals surface area contributed by atoms with Gasteiger partial charge in [-0.05, 0) is 31.1 Å². The summed E-state index contributed by atoms with van der Waals surface area (Å²) >= 11 is 1.30. The van der Waals surface area contributed by atoms with E-state index in [-0.39, 0.29) is 0 Å². The van der Waals surface area contributed by atoms with Crippen LogP contribution in [-0.2, 0) is 6.54 Å². The highest BCUT2D eigenvalue weighted by Crippen LogP contribution is 2.44. The molecule has 1 heterocycles. The SMILES string of the molecule is c1nsnc1CNC1CC2CCC1C2. The molecule has 2 bridgehead atoms. The lowest BCUT2D eigenvalue weighted by atomic mass is 9.95. The molecule has 0 aliphatic heterocycles. The Morgan fingerprint density at radius 2 is 2.43 bits per heavy atom. The van der Waals surface area contributed by atoms with Crippen molar-refractivity contribution in [3.8, 4) is 0 Å². The topological polar surface area (TPSA) is 37.8 Å². The van der Waals surface area contributed by atoms with Crippen molar-refractivity contribution in [1.82, 2.24) is 14.1 Å². The van der Waals surface area contributed by atoms with Gasteiger partial charge in [0, 0.05) is 12.6 Å². The van der Waals surface area contributed by atoms with Gasteiger partial charge in [0.15, 0.2) is 0 Å². The Labute approximate surface area is 88.3 Å². The van der Waals surface area contributed by atoms with Crippen molar-refractivity contribution in [2.75, 3.05) is 0 Å². The van der Waals surface area contributed by atoms with Crippen LogP contribution in [0.1, 0.15) is 31.4 Å². The first-order valence-electron chi connectivity index (χ1n) is 5.41. The fraction of sp³-hybridized carbons (Fsp3) is 0.800. The highest BCUT2D eigenvalue weighted by atomic mass is 32.1. The molecule has 4 heteroatoms. The zero-order chi connectivity index (χ0) is 9.38. The van der Waals surface area contributed by atoms with Crippen LogP contribution in [0.25, 0.3) is 0 Å². The highest BCUT2D eigenvalue weighted by Gasteiger charge is 2.38. The van der Waals surface area contributed by atoms with Crippen LogP contribution in [0.3, 0.4) is 0 Å². The van der Waals surface area contributed by atoms with E-state index < -0.39 is 0 Å². The van der Waals surface area contributed by atoms with Crippen LogP contribution in [-0.4, -0.2) is 14.8 Å². The summed E-state index contributed by atoms with van der Waals surface area (Å²) in [5.41, 5.74) is 1.10. The molecule has 1 aromatic rings. The summed E-state index contributed by atoms with van der Waals surface area (Å²) in [6.45, 7) is 0.907. The second kappa shape index (κ2) is 3.59. The van der Waals surface area contributed by atoms with E-state index in [1.807, 2.05) is 6.20 Å². The number of hydrogen-bond acceptors (Lipinski definition) is 4. The minimum Gasteiger partial charge on any atom is -0.308 e. The summed E-state index contributed by atoms with van der Waals surface area (Å²) in [6.07, 6.45) is 7.64. The molecule has 0 aromatic carbocycles. The molecule has 0 spiro atoms. The summed E-state index contributed by atoms with van der Waals surface area (Å²) in [5, 5.41) is 3.62. The van der Waals surface area contributed by atoms with E-state index in [2.05, 4.69) is 14.1 Å². The monoisotopic (exact) mass is 209 g/mol. The maximum Gasteiger partial charge on any atom is 0.0880 e. The number of fused-ring (bicyclic) bond motifs is 2. The smallest absolute Gasteiger partial charge is 0.0880 e. The van der Waals surface area contributed by atoms with Crippen LogP contribution < -0.4 is 5.32 Å². The lowest BCUT2D eigenvalue weighted by Gasteiger charge is -2.22. The van der Waals surface area contributed by atoms with Crippen LogP contribution >= 0.6 is 11.7 Å². The molecule has 1 aromatic heterocycles. The van der Waals surface area contributed by atoms with E-state index in [1.54, 1.807) is 0 Å². The average Bonchev–Trinajstić information content (AvgIpc) is 2.91. The first-order valence-corrected chi connectivity index (χ1v) is 6.14. The number of nitrogens with one attached hydrogen (secondary N) is 1.